The SMILES string of the molecule is Cn1cc(C[C@H]2[C@@H](O)CCN2C(=O)Cc2ccc(F)cc2)cn1. The first-order valence-electron chi connectivity index (χ1n) is 7.72. The zero-order chi connectivity index (χ0) is 16.4. The molecule has 1 saturated heterocycles. The number of likely N-dealkylation sites (tertiary alicyclic amines) is 1. The van der Waals surface area contributed by atoms with Crippen LogP contribution in [0.25, 0.3) is 0 Å². The Labute approximate surface area is 134 Å². The fraction of sp³-hybridized carbons (Fsp3) is 0.412. The van der Waals surface area contributed by atoms with E-state index >= 15 is 0 Å². The lowest BCUT2D eigenvalue weighted by Gasteiger charge is -2.26. The predicted molar refractivity (Wildman–Crippen MR) is 83.1 cm³/mol. The topological polar surface area (TPSA) is 58.4 Å². The Morgan fingerprint density at radius 1 is 1.35 bits per heavy atom. The summed E-state index contributed by atoms with van der Waals surface area (Å²) in [6.45, 7) is 0.548. The highest BCUT2D eigenvalue weighted by Gasteiger charge is 2.35. The molecule has 1 aromatic heterocycles. The van der Waals surface area contributed by atoms with Gasteiger partial charge in [0.2, 0.25) is 5.91 Å². The van der Waals surface area contributed by atoms with Crippen LogP contribution in [0.4, 0.5) is 4.39 Å². The number of carbonyl (C=O) groups excluding carboxylic acids is 1. The molecule has 2 atom stereocenters. The van der Waals surface area contributed by atoms with Crippen LogP contribution in [0.1, 0.15) is 17.5 Å². The van der Waals surface area contributed by atoms with Gasteiger partial charge in [-0.05, 0) is 36.1 Å². The number of hydrogen-bond donors (Lipinski definition) is 1. The summed E-state index contributed by atoms with van der Waals surface area (Å²) < 4.78 is 14.7. The minimum Gasteiger partial charge on any atom is -0.391 e. The first kappa shape index (κ1) is 15.7. The second-order valence-corrected chi connectivity index (χ2v) is 6.04. The molecule has 5 nitrogen and oxygen atoms in total. The first-order valence-corrected chi connectivity index (χ1v) is 7.72. The number of halogens is 1. The van der Waals surface area contributed by atoms with E-state index in [0.717, 1.165) is 11.1 Å². The van der Waals surface area contributed by atoms with Crippen LogP contribution >= 0.6 is 0 Å². The Balaban J connectivity index is 1.69. The lowest BCUT2D eigenvalue weighted by molar-refractivity contribution is -0.132. The van der Waals surface area contributed by atoms with Gasteiger partial charge in [0, 0.05) is 19.8 Å². The van der Waals surface area contributed by atoms with E-state index in [2.05, 4.69) is 5.10 Å². The van der Waals surface area contributed by atoms with E-state index in [4.69, 9.17) is 0 Å². The number of aliphatic hydroxyl groups is 1. The van der Waals surface area contributed by atoms with E-state index in [1.807, 2.05) is 13.2 Å². The molecule has 2 aromatic rings. The van der Waals surface area contributed by atoms with Crippen molar-refractivity contribution < 1.29 is 14.3 Å². The molecule has 0 spiro atoms. The number of amides is 1. The normalized spacial score (nSPS) is 20.9. The molecule has 0 bridgehead atoms. The van der Waals surface area contributed by atoms with Crippen LogP contribution in [-0.4, -0.2) is 44.4 Å². The lowest BCUT2D eigenvalue weighted by atomic mass is 10.0. The highest BCUT2D eigenvalue weighted by molar-refractivity contribution is 5.79. The molecule has 0 saturated carbocycles. The fourth-order valence-corrected chi connectivity index (χ4v) is 3.09. The van der Waals surface area contributed by atoms with Gasteiger partial charge in [0.05, 0.1) is 24.8 Å². The van der Waals surface area contributed by atoms with Crippen molar-refractivity contribution in [3.63, 3.8) is 0 Å². The van der Waals surface area contributed by atoms with Crippen LogP contribution in [-0.2, 0) is 24.7 Å². The van der Waals surface area contributed by atoms with Crippen molar-refractivity contribution in [1.29, 1.82) is 0 Å². The summed E-state index contributed by atoms with van der Waals surface area (Å²) in [7, 11) is 1.84. The van der Waals surface area contributed by atoms with Crippen LogP contribution in [0.3, 0.4) is 0 Å². The molecule has 0 aliphatic carbocycles. The number of hydrogen-bond acceptors (Lipinski definition) is 3. The summed E-state index contributed by atoms with van der Waals surface area (Å²) in [4.78, 5) is 14.3. The molecular formula is C17H20FN3O2. The van der Waals surface area contributed by atoms with Crippen LogP contribution in [0.5, 0.6) is 0 Å². The molecule has 0 unspecified atom stereocenters. The average Bonchev–Trinajstić information content (AvgIpc) is 3.09. The Morgan fingerprint density at radius 2 is 2.09 bits per heavy atom. The maximum atomic E-state index is 12.9. The van der Waals surface area contributed by atoms with Gasteiger partial charge in [-0.25, -0.2) is 4.39 Å². The number of aryl methyl sites for hydroxylation is 1. The standard InChI is InChI=1S/C17H20FN3O2/c1-20-11-13(10-19-20)8-15-16(22)6-7-21(15)17(23)9-12-2-4-14(18)5-3-12/h2-5,10-11,15-16,22H,6-9H2,1H3/t15-,16-/m0/s1. The predicted octanol–water partition coefficient (Wildman–Crippen LogP) is 1.31. The minimum absolute atomic E-state index is 0.0398. The number of rotatable bonds is 4. The molecule has 23 heavy (non-hydrogen) atoms. The molecule has 6 heteroatoms. The Bertz CT molecular complexity index is 683. The third-order valence-electron chi connectivity index (χ3n) is 4.30. The quantitative estimate of drug-likeness (QED) is 0.925. The van der Waals surface area contributed by atoms with Gasteiger partial charge in [-0.2, -0.15) is 5.10 Å². The van der Waals surface area contributed by atoms with E-state index in [1.165, 1.54) is 12.1 Å². The van der Waals surface area contributed by atoms with Crippen molar-refractivity contribution >= 4 is 5.91 Å². The van der Waals surface area contributed by atoms with Gasteiger partial charge in [-0.3, -0.25) is 9.48 Å². The maximum absolute atomic E-state index is 12.9. The van der Waals surface area contributed by atoms with Gasteiger partial charge in [-0.15, -0.1) is 0 Å². The second kappa shape index (κ2) is 6.50. The highest BCUT2D eigenvalue weighted by atomic mass is 19.1. The molecule has 3 rings (SSSR count). The molecule has 1 amide bonds. The molecule has 1 aliphatic heterocycles. The molecule has 1 N–H and O–H groups in total. The van der Waals surface area contributed by atoms with E-state index in [9.17, 15) is 14.3 Å². The van der Waals surface area contributed by atoms with Crippen LogP contribution in [0, 0.1) is 5.82 Å². The molecule has 1 fully saturated rings. The minimum atomic E-state index is -0.521. The third kappa shape index (κ3) is 3.59. The fourth-order valence-electron chi connectivity index (χ4n) is 3.09. The third-order valence-corrected chi connectivity index (χ3v) is 4.30. The summed E-state index contributed by atoms with van der Waals surface area (Å²) >= 11 is 0. The van der Waals surface area contributed by atoms with Crippen LogP contribution in [0.15, 0.2) is 36.7 Å². The van der Waals surface area contributed by atoms with E-state index < -0.39 is 6.10 Å². The summed E-state index contributed by atoms with van der Waals surface area (Å²) in [5, 5.41) is 14.3. The summed E-state index contributed by atoms with van der Waals surface area (Å²) in [6.07, 6.45) is 4.52. The number of carbonyl (C=O) groups is 1. The van der Waals surface area contributed by atoms with Crippen LogP contribution in [0.2, 0.25) is 0 Å². The van der Waals surface area contributed by atoms with E-state index in [1.54, 1.807) is 27.9 Å². The largest absolute Gasteiger partial charge is 0.391 e. The maximum Gasteiger partial charge on any atom is 0.227 e. The van der Waals surface area contributed by atoms with E-state index in [0.29, 0.717) is 19.4 Å². The lowest BCUT2D eigenvalue weighted by Crippen LogP contribution is -2.41. The van der Waals surface area contributed by atoms with Gasteiger partial charge in [0.1, 0.15) is 5.82 Å². The molecule has 0 radical (unpaired) electrons. The molecule has 1 aromatic carbocycles. The Kier molecular flexibility index (Phi) is 4.43. The smallest absolute Gasteiger partial charge is 0.227 e. The van der Waals surface area contributed by atoms with Gasteiger partial charge >= 0.3 is 0 Å². The number of benzene rings is 1. The van der Waals surface area contributed by atoms with Crippen molar-refractivity contribution in [2.75, 3.05) is 6.54 Å². The van der Waals surface area contributed by atoms with Crippen molar-refractivity contribution in [2.45, 2.75) is 31.4 Å². The molecular weight excluding hydrogens is 297 g/mol. The van der Waals surface area contributed by atoms with Gasteiger partial charge in [0.25, 0.3) is 0 Å². The summed E-state index contributed by atoms with van der Waals surface area (Å²) in [5.41, 5.74) is 1.77. The molecule has 2 heterocycles. The van der Waals surface area contributed by atoms with Crippen molar-refractivity contribution in [1.82, 2.24) is 14.7 Å². The van der Waals surface area contributed by atoms with Crippen molar-refractivity contribution in [3.8, 4) is 0 Å². The van der Waals surface area contributed by atoms with Crippen molar-refractivity contribution in [3.05, 3.63) is 53.6 Å². The first-order chi connectivity index (χ1) is 11.0. The zero-order valence-corrected chi connectivity index (χ0v) is 13.0. The number of nitrogens with zero attached hydrogens (tertiary/aromatic N) is 3. The van der Waals surface area contributed by atoms with Crippen LogP contribution < -0.4 is 0 Å². The second-order valence-electron chi connectivity index (χ2n) is 6.04. The van der Waals surface area contributed by atoms with Crippen molar-refractivity contribution in [2.24, 2.45) is 7.05 Å². The van der Waals surface area contributed by atoms with E-state index in [-0.39, 0.29) is 24.2 Å². The molecule has 1 aliphatic rings. The monoisotopic (exact) mass is 317 g/mol. The summed E-state index contributed by atoms with van der Waals surface area (Å²) in [5.74, 6) is -0.353. The van der Waals surface area contributed by atoms with Gasteiger partial charge in [-0.1, -0.05) is 12.1 Å². The Hall–Kier alpha value is -2.21. The summed E-state index contributed by atoms with van der Waals surface area (Å²) in [6, 6.07) is 5.72. The molecule has 122 valence electrons. The zero-order valence-electron chi connectivity index (χ0n) is 13.0. The van der Waals surface area contributed by atoms with Gasteiger partial charge < -0.3 is 10.0 Å². The van der Waals surface area contributed by atoms with Gasteiger partial charge in [0.15, 0.2) is 0 Å². The number of aromatic nitrogens is 2. The number of aliphatic hydroxyl groups excluding tert-OH is 1. The Morgan fingerprint density at radius 3 is 2.74 bits per heavy atom. The average molecular weight is 317 g/mol. The highest BCUT2D eigenvalue weighted by Crippen LogP contribution is 2.23.